The molecule has 0 aliphatic carbocycles. The van der Waals surface area contributed by atoms with Gasteiger partial charge in [0.25, 0.3) is 0 Å². The molecule has 0 aromatic heterocycles. The fourth-order valence-electron chi connectivity index (χ4n) is 2.07. The van der Waals surface area contributed by atoms with Crippen molar-refractivity contribution < 1.29 is 13.5 Å². The van der Waals surface area contributed by atoms with E-state index < -0.39 is 11.6 Å². The van der Waals surface area contributed by atoms with E-state index in [1.54, 1.807) is 0 Å². The normalized spacial score (nSPS) is 19.2. The molecule has 1 aromatic rings. The lowest BCUT2D eigenvalue weighted by atomic mass is 10.1. The van der Waals surface area contributed by atoms with Crippen molar-refractivity contribution in [3.63, 3.8) is 0 Å². The maximum absolute atomic E-state index is 13.8. The zero-order valence-corrected chi connectivity index (χ0v) is 11.2. The van der Waals surface area contributed by atoms with Gasteiger partial charge < -0.3 is 15.8 Å². The first-order valence-electron chi connectivity index (χ1n) is 6.22. The number of hydrogen-bond acceptors (Lipinski definition) is 3. The van der Waals surface area contributed by atoms with Gasteiger partial charge in [0, 0.05) is 18.7 Å². The summed E-state index contributed by atoms with van der Waals surface area (Å²) < 4.78 is 33.0. The largest absolute Gasteiger partial charge is 0.389 e. The van der Waals surface area contributed by atoms with Crippen LogP contribution in [0.5, 0.6) is 0 Å². The number of halogens is 2. The highest BCUT2D eigenvalue weighted by Gasteiger charge is 2.17. The van der Waals surface area contributed by atoms with Crippen molar-refractivity contribution in [3.05, 3.63) is 29.3 Å². The second kappa shape index (κ2) is 6.25. The minimum absolute atomic E-state index is 0.00260. The maximum Gasteiger partial charge on any atom is 0.150 e. The molecule has 1 aliphatic heterocycles. The van der Waals surface area contributed by atoms with Gasteiger partial charge in [0.05, 0.1) is 6.10 Å². The van der Waals surface area contributed by atoms with E-state index >= 15 is 0 Å². The minimum Gasteiger partial charge on any atom is -0.389 e. The van der Waals surface area contributed by atoms with Crippen molar-refractivity contribution in [3.8, 4) is 0 Å². The van der Waals surface area contributed by atoms with Crippen LogP contribution >= 0.6 is 12.2 Å². The lowest BCUT2D eigenvalue weighted by molar-refractivity contribution is 0.0247. The highest BCUT2D eigenvalue weighted by atomic mass is 32.1. The Morgan fingerprint density at radius 1 is 1.37 bits per heavy atom. The second-order valence-corrected chi connectivity index (χ2v) is 4.99. The van der Waals surface area contributed by atoms with Gasteiger partial charge in [0.1, 0.15) is 22.3 Å². The van der Waals surface area contributed by atoms with Crippen molar-refractivity contribution >= 4 is 22.9 Å². The molecule has 2 rings (SSSR count). The third kappa shape index (κ3) is 3.61. The Labute approximate surface area is 116 Å². The fourth-order valence-corrected chi connectivity index (χ4v) is 2.19. The van der Waals surface area contributed by atoms with Crippen molar-refractivity contribution in [1.82, 2.24) is 0 Å². The molecule has 1 unspecified atom stereocenters. The minimum atomic E-state index is -0.696. The van der Waals surface area contributed by atoms with Crippen LogP contribution < -0.4 is 11.1 Å². The lowest BCUT2D eigenvalue weighted by Gasteiger charge is -2.23. The highest BCUT2D eigenvalue weighted by molar-refractivity contribution is 7.80. The van der Waals surface area contributed by atoms with Crippen LogP contribution in [0.15, 0.2) is 12.1 Å². The molecule has 1 aliphatic rings. The summed E-state index contributed by atoms with van der Waals surface area (Å²) >= 11 is 4.70. The predicted molar refractivity (Wildman–Crippen MR) is 74.3 cm³/mol. The average Bonchev–Trinajstić information content (AvgIpc) is 2.38. The predicted octanol–water partition coefficient (Wildman–Crippen LogP) is 2.58. The summed E-state index contributed by atoms with van der Waals surface area (Å²) in [6.07, 6.45) is 3.03. The van der Waals surface area contributed by atoms with Crippen LogP contribution in [0, 0.1) is 11.6 Å². The van der Waals surface area contributed by atoms with Crippen LogP contribution in [0.4, 0.5) is 14.5 Å². The summed E-state index contributed by atoms with van der Waals surface area (Å²) in [7, 11) is 0. The average molecular weight is 286 g/mol. The van der Waals surface area contributed by atoms with E-state index in [0.29, 0.717) is 13.2 Å². The van der Waals surface area contributed by atoms with Crippen molar-refractivity contribution in [2.45, 2.75) is 25.4 Å². The summed E-state index contributed by atoms with van der Waals surface area (Å²) in [4.78, 5) is -0.0278. The second-order valence-electron chi connectivity index (χ2n) is 4.55. The summed E-state index contributed by atoms with van der Waals surface area (Å²) in [5, 5.41) is 2.76. The quantitative estimate of drug-likeness (QED) is 0.835. The van der Waals surface area contributed by atoms with Crippen LogP contribution in [-0.4, -0.2) is 24.2 Å². The molecular formula is C13H16F2N2OS. The molecule has 1 atom stereocenters. The Hall–Kier alpha value is -1.27. The van der Waals surface area contributed by atoms with Gasteiger partial charge in [-0.1, -0.05) is 12.2 Å². The molecule has 0 amide bonds. The Morgan fingerprint density at radius 2 is 2.05 bits per heavy atom. The van der Waals surface area contributed by atoms with Crippen molar-refractivity contribution in [2.75, 3.05) is 18.5 Å². The molecule has 3 nitrogen and oxygen atoms in total. The third-order valence-electron chi connectivity index (χ3n) is 3.11. The fraction of sp³-hybridized carbons (Fsp3) is 0.462. The van der Waals surface area contributed by atoms with E-state index in [9.17, 15) is 8.78 Å². The van der Waals surface area contributed by atoms with Crippen LogP contribution in [0.3, 0.4) is 0 Å². The van der Waals surface area contributed by atoms with Gasteiger partial charge >= 0.3 is 0 Å². The maximum atomic E-state index is 13.8. The lowest BCUT2D eigenvalue weighted by Crippen LogP contribution is -2.27. The van der Waals surface area contributed by atoms with Gasteiger partial charge in [-0.15, -0.1) is 0 Å². The Balaban J connectivity index is 2.05. The molecule has 1 fully saturated rings. The van der Waals surface area contributed by atoms with Gasteiger partial charge in [-0.05, 0) is 31.4 Å². The zero-order valence-electron chi connectivity index (χ0n) is 10.4. The number of benzene rings is 1. The standard InChI is InChI=1S/C13H16F2N2OS/c14-10-5-8(13(16)19)6-11(15)12(10)17-7-9-3-1-2-4-18-9/h5-6,9,17H,1-4,7H2,(H2,16,19). The van der Waals surface area contributed by atoms with Crippen LogP contribution in [0.25, 0.3) is 0 Å². The molecule has 1 heterocycles. The zero-order chi connectivity index (χ0) is 13.8. The molecule has 0 spiro atoms. The van der Waals surface area contributed by atoms with Crippen LogP contribution in [0.1, 0.15) is 24.8 Å². The number of rotatable bonds is 4. The van der Waals surface area contributed by atoms with E-state index in [-0.39, 0.29) is 22.3 Å². The van der Waals surface area contributed by atoms with Crippen LogP contribution in [-0.2, 0) is 4.74 Å². The number of nitrogens with two attached hydrogens (primary N) is 1. The first kappa shape index (κ1) is 14.1. The Morgan fingerprint density at radius 3 is 2.58 bits per heavy atom. The molecule has 1 aromatic carbocycles. The van der Waals surface area contributed by atoms with E-state index in [2.05, 4.69) is 5.32 Å². The molecule has 0 bridgehead atoms. The SMILES string of the molecule is NC(=S)c1cc(F)c(NCC2CCCCO2)c(F)c1. The Bertz CT molecular complexity index is 453. The van der Waals surface area contributed by atoms with Crippen LogP contribution in [0.2, 0.25) is 0 Å². The van der Waals surface area contributed by atoms with Gasteiger partial charge in [-0.25, -0.2) is 8.78 Å². The molecule has 104 valence electrons. The number of thiocarbonyl (C=S) groups is 1. The molecule has 0 radical (unpaired) electrons. The summed E-state index contributed by atoms with van der Waals surface area (Å²) in [5.74, 6) is -1.39. The van der Waals surface area contributed by atoms with Gasteiger partial charge in [-0.2, -0.15) is 0 Å². The van der Waals surface area contributed by atoms with E-state index in [1.807, 2.05) is 0 Å². The number of ether oxygens (including phenoxy) is 1. The van der Waals surface area contributed by atoms with Gasteiger partial charge in [0.2, 0.25) is 0 Å². The Kier molecular flexibility index (Phi) is 4.66. The first-order valence-corrected chi connectivity index (χ1v) is 6.63. The summed E-state index contributed by atoms with van der Waals surface area (Å²) in [6, 6.07) is 2.27. The molecular weight excluding hydrogens is 270 g/mol. The topological polar surface area (TPSA) is 47.3 Å². The molecule has 0 saturated carbocycles. The number of hydrogen-bond donors (Lipinski definition) is 2. The molecule has 3 N–H and O–H groups in total. The summed E-state index contributed by atoms with van der Waals surface area (Å²) in [5.41, 5.74) is 5.38. The van der Waals surface area contributed by atoms with Crippen molar-refractivity contribution in [2.24, 2.45) is 5.73 Å². The van der Waals surface area contributed by atoms with E-state index in [4.69, 9.17) is 22.7 Å². The van der Waals surface area contributed by atoms with Gasteiger partial charge in [-0.3, -0.25) is 0 Å². The third-order valence-corrected chi connectivity index (χ3v) is 3.34. The monoisotopic (exact) mass is 286 g/mol. The number of anilines is 1. The van der Waals surface area contributed by atoms with E-state index in [1.165, 1.54) is 0 Å². The summed E-state index contributed by atoms with van der Waals surface area (Å²) in [6.45, 7) is 1.10. The highest BCUT2D eigenvalue weighted by Crippen LogP contribution is 2.22. The van der Waals surface area contributed by atoms with Crippen molar-refractivity contribution in [1.29, 1.82) is 0 Å². The van der Waals surface area contributed by atoms with E-state index in [0.717, 1.165) is 31.4 Å². The number of nitrogens with one attached hydrogen (secondary N) is 1. The molecule has 6 heteroatoms. The van der Waals surface area contributed by atoms with Gasteiger partial charge in [0.15, 0.2) is 0 Å². The smallest absolute Gasteiger partial charge is 0.150 e. The first-order chi connectivity index (χ1) is 9.08. The molecule has 19 heavy (non-hydrogen) atoms. The molecule has 1 saturated heterocycles.